The first-order valence-electron chi connectivity index (χ1n) is 6.84. The van der Waals surface area contributed by atoms with Gasteiger partial charge in [-0.2, -0.15) is 0 Å². The molecule has 0 radical (unpaired) electrons. The monoisotopic (exact) mass is 328 g/mol. The molecule has 2 nitrogen and oxygen atoms in total. The van der Waals surface area contributed by atoms with E-state index >= 15 is 0 Å². The second-order valence-electron chi connectivity index (χ2n) is 5.13. The van der Waals surface area contributed by atoms with Crippen molar-refractivity contribution in [1.29, 1.82) is 0 Å². The second-order valence-corrected chi connectivity index (χ2v) is 6.05. The fourth-order valence-corrected chi connectivity index (χ4v) is 3.10. The van der Waals surface area contributed by atoms with Crippen LogP contribution in [-0.4, -0.2) is 9.38 Å². The van der Waals surface area contributed by atoms with Crippen LogP contribution in [0.4, 0.5) is 0 Å². The average Bonchev–Trinajstić information content (AvgIpc) is 2.77. The van der Waals surface area contributed by atoms with Gasteiger partial charge in [-0.3, -0.25) is 0 Å². The maximum atomic E-state index is 4.82. The largest absolute Gasteiger partial charge is 0.302 e. The Morgan fingerprint density at radius 2 is 1.85 bits per heavy atom. The Labute approximate surface area is 127 Å². The van der Waals surface area contributed by atoms with Crippen molar-refractivity contribution in [3.05, 3.63) is 57.8 Å². The highest BCUT2D eigenvalue weighted by Gasteiger charge is 2.12. The molecule has 1 aromatic carbocycles. The van der Waals surface area contributed by atoms with Crippen molar-refractivity contribution >= 4 is 21.6 Å². The van der Waals surface area contributed by atoms with E-state index in [2.05, 4.69) is 77.6 Å². The minimum absolute atomic E-state index is 1.03. The number of imidazole rings is 1. The molecule has 0 aliphatic carbocycles. The van der Waals surface area contributed by atoms with E-state index < -0.39 is 0 Å². The van der Waals surface area contributed by atoms with Crippen LogP contribution in [0.1, 0.15) is 23.7 Å². The summed E-state index contributed by atoms with van der Waals surface area (Å²) in [6.45, 7) is 6.39. The molecule has 0 atom stereocenters. The summed E-state index contributed by atoms with van der Waals surface area (Å²) < 4.78 is 3.23. The summed E-state index contributed by atoms with van der Waals surface area (Å²) in [5.41, 5.74) is 6.98. The van der Waals surface area contributed by atoms with Gasteiger partial charge in [0.05, 0.1) is 5.69 Å². The average molecular weight is 329 g/mol. The third kappa shape index (κ3) is 2.16. The maximum absolute atomic E-state index is 4.82. The second kappa shape index (κ2) is 5.06. The fourth-order valence-electron chi connectivity index (χ4n) is 2.55. The zero-order chi connectivity index (χ0) is 14.3. The van der Waals surface area contributed by atoms with Crippen molar-refractivity contribution < 1.29 is 0 Å². The van der Waals surface area contributed by atoms with Crippen LogP contribution in [0, 0.1) is 13.8 Å². The topological polar surface area (TPSA) is 17.3 Å². The van der Waals surface area contributed by atoms with E-state index in [9.17, 15) is 0 Å². The van der Waals surface area contributed by atoms with Crippen LogP contribution < -0.4 is 0 Å². The summed E-state index contributed by atoms with van der Waals surface area (Å²) in [6.07, 6.45) is 3.14. The number of halogens is 1. The Morgan fingerprint density at radius 3 is 2.50 bits per heavy atom. The molecule has 0 unspecified atom stereocenters. The summed E-state index contributed by atoms with van der Waals surface area (Å²) in [5.74, 6) is 0. The predicted octanol–water partition coefficient (Wildman–Crippen LogP) is 4.94. The number of fused-ring (bicyclic) bond motifs is 1. The lowest BCUT2D eigenvalue weighted by Crippen LogP contribution is -1.90. The van der Waals surface area contributed by atoms with Gasteiger partial charge in [0.1, 0.15) is 5.65 Å². The number of benzene rings is 1. The van der Waals surface area contributed by atoms with E-state index in [0.29, 0.717) is 0 Å². The van der Waals surface area contributed by atoms with E-state index in [1.807, 2.05) is 0 Å². The molecule has 3 aromatic rings. The summed E-state index contributed by atoms with van der Waals surface area (Å²) in [7, 11) is 0. The van der Waals surface area contributed by atoms with E-state index in [0.717, 1.165) is 22.2 Å². The number of aryl methyl sites for hydroxylation is 3. The normalized spacial score (nSPS) is 11.2. The van der Waals surface area contributed by atoms with Crippen molar-refractivity contribution in [2.45, 2.75) is 27.2 Å². The molecule has 3 heteroatoms. The first kappa shape index (κ1) is 13.4. The van der Waals surface area contributed by atoms with Crippen molar-refractivity contribution in [3.63, 3.8) is 0 Å². The number of hydrogen-bond donors (Lipinski definition) is 0. The van der Waals surface area contributed by atoms with Gasteiger partial charge in [0, 0.05) is 21.9 Å². The zero-order valence-electron chi connectivity index (χ0n) is 11.9. The molecule has 0 aliphatic heterocycles. The highest BCUT2D eigenvalue weighted by molar-refractivity contribution is 9.10. The van der Waals surface area contributed by atoms with Gasteiger partial charge in [-0.25, -0.2) is 4.98 Å². The standard InChI is InChI=1S/C17H17BrN2/c1-4-13-5-7-14(8-6-13)16-12(3)20-10-15(18)9-11(2)17(20)19-16/h5-10H,4H2,1-3H3. The van der Waals surface area contributed by atoms with Crippen molar-refractivity contribution in [2.75, 3.05) is 0 Å². The molecule has 20 heavy (non-hydrogen) atoms. The number of pyridine rings is 1. The molecule has 0 fully saturated rings. The molecule has 0 bridgehead atoms. The van der Waals surface area contributed by atoms with Gasteiger partial charge >= 0.3 is 0 Å². The molecule has 0 aliphatic rings. The lowest BCUT2D eigenvalue weighted by Gasteiger charge is -2.02. The Morgan fingerprint density at radius 1 is 1.15 bits per heavy atom. The fraction of sp³-hybridized carbons (Fsp3) is 0.235. The zero-order valence-corrected chi connectivity index (χ0v) is 13.5. The first-order valence-corrected chi connectivity index (χ1v) is 7.63. The Hall–Kier alpha value is -1.61. The lowest BCUT2D eigenvalue weighted by molar-refractivity contribution is 1.09. The number of nitrogens with zero attached hydrogens (tertiary/aromatic N) is 2. The third-order valence-corrected chi connectivity index (χ3v) is 4.18. The van der Waals surface area contributed by atoms with Crippen LogP contribution in [0.5, 0.6) is 0 Å². The Kier molecular flexibility index (Phi) is 3.38. The summed E-state index contributed by atoms with van der Waals surface area (Å²) in [4.78, 5) is 4.82. The molecular weight excluding hydrogens is 312 g/mol. The molecule has 2 aromatic heterocycles. The molecule has 0 saturated carbocycles. The van der Waals surface area contributed by atoms with Crippen LogP contribution in [0.2, 0.25) is 0 Å². The van der Waals surface area contributed by atoms with Crippen LogP contribution in [0.3, 0.4) is 0 Å². The number of rotatable bonds is 2. The van der Waals surface area contributed by atoms with E-state index in [-0.39, 0.29) is 0 Å². The highest BCUT2D eigenvalue weighted by Crippen LogP contribution is 2.27. The summed E-state index contributed by atoms with van der Waals surface area (Å²) in [6, 6.07) is 10.8. The van der Waals surface area contributed by atoms with Crippen molar-refractivity contribution in [2.24, 2.45) is 0 Å². The third-order valence-electron chi connectivity index (χ3n) is 3.75. The molecule has 0 N–H and O–H groups in total. The molecule has 2 heterocycles. The van der Waals surface area contributed by atoms with Gasteiger partial charge in [-0.1, -0.05) is 31.2 Å². The van der Waals surface area contributed by atoms with Gasteiger partial charge in [0.15, 0.2) is 0 Å². The first-order chi connectivity index (χ1) is 9.60. The van der Waals surface area contributed by atoms with Crippen molar-refractivity contribution in [1.82, 2.24) is 9.38 Å². The molecular formula is C17H17BrN2. The number of aromatic nitrogens is 2. The minimum Gasteiger partial charge on any atom is -0.302 e. The van der Waals surface area contributed by atoms with Gasteiger partial charge in [0.2, 0.25) is 0 Å². The van der Waals surface area contributed by atoms with E-state index in [1.165, 1.54) is 22.4 Å². The van der Waals surface area contributed by atoms with E-state index in [4.69, 9.17) is 4.98 Å². The van der Waals surface area contributed by atoms with Crippen LogP contribution in [-0.2, 0) is 6.42 Å². The molecule has 0 amide bonds. The quantitative estimate of drug-likeness (QED) is 0.651. The summed E-state index contributed by atoms with van der Waals surface area (Å²) in [5, 5.41) is 0. The van der Waals surface area contributed by atoms with Gasteiger partial charge < -0.3 is 4.40 Å². The minimum atomic E-state index is 1.03. The molecule has 0 spiro atoms. The van der Waals surface area contributed by atoms with E-state index in [1.54, 1.807) is 0 Å². The van der Waals surface area contributed by atoms with Gasteiger partial charge in [0.25, 0.3) is 0 Å². The SMILES string of the molecule is CCc1ccc(-c2nc3c(C)cc(Br)cn3c2C)cc1. The van der Waals surface area contributed by atoms with Crippen molar-refractivity contribution in [3.8, 4) is 11.3 Å². The lowest BCUT2D eigenvalue weighted by atomic mass is 10.1. The Bertz CT molecular complexity index is 770. The Balaban J connectivity index is 2.20. The predicted molar refractivity (Wildman–Crippen MR) is 87.2 cm³/mol. The van der Waals surface area contributed by atoms with Crippen LogP contribution in [0.25, 0.3) is 16.9 Å². The smallest absolute Gasteiger partial charge is 0.140 e. The molecule has 0 saturated heterocycles. The summed E-state index contributed by atoms with van der Waals surface area (Å²) >= 11 is 3.55. The van der Waals surface area contributed by atoms with Crippen LogP contribution in [0.15, 0.2) is 41.0 Å². The molecule has 3 rings (SSSR count). The van der Waals surface area contributed by atoms with Gasteiger partial charge in [-0.05, 0) is 53.4 Å². The number of hydrogen-bond acceptors (Lipinski definition) is 1. The maximum Gasteiger partial charge on any atom is 0.140 e. The molecule has 102 valence electrons. The van der Waals surface area contributed by atoms with Crippen LogP contribution >= 0.6 is 15.9 Å². The highest BCUT2D eigenvalue weighted by atomic mass is 79.9. The van der Waals surface area contributed by atoms with Gasteiger partial charge in [-0.15, -0.1) is 0 Å².